The van der Waals surface area contributed by atoms with Gasteiger partial charge in [0.05, 0.1) is 12.4 Å². The first-order valence-corrected chi connectivity index (χ1v) is 9.91. The maximum absolute atomic E-state index is 12.1. The highest BCUT2D eigenvalue weighted by atomic mass is 16.2. The van der Waals surface area contributed by atoms with Crippen molar-refractivity contribution in [3.05, 3.63) is 95.1 Å². The normalized spacial score (nSPS) is 10.8. The highest BCUT2D eigenvalue weighted by Gasteiger charge is 2.04. The minimum absolute atomic E-state index is 0.299. The van der Waals surface area contributed by atoms with Gasteiger partial charge in [-0.15, -0.1) is 0 Å². The number of nitrogens with zero attached hydrogens (tertiary/aromatic N) is 2. The predicted molar refractivity (Wildman–Crippen MR) is 129 cm³/mol. The van der Waals surface area contributed by atoms with Gasteiger partial charge in [-0.1, -0.05) is 18.2 Å². The molecule has 3 aromatic rings. The van der Waals surface area contributed by atoms with Crippen molar-refractivity contribution in [2.45, 2.75) is 0 Å². The Labute approximate surface area is 186 Å². The van der Waals surface area contributed by atoms with E-state index in [2.05, 4.69) is 31.7 Å². The van der Waals surface area contributed by atoms with Crippen molar-refractivity contribution in [3.8, 4) is 0 Å². The van der Waals surface area contributed by atoms with E-state index in [1.165, 1.54) is 0 Å². The Morgan fingerprint density at radius 2 is 1.06 bits per heavy atom. The Morgan fingerprint density at radius 3 is 1.44 bits per heavy atom. The molecule has 0 radical (unpaired) electrons. The number of amides is 2. The quantitative estimate of drug-likeness (QED) is 0.326. The zero-order valence-electron chi connectivity index (χ0n) is 17.8. The summed E-state index contributed by atoms with van der Waals surface area (Å²) in [5, 5.41) is 14.0. The third kappa shape index (κ3) is 6.27. The monoisotopic (exact) mass is 428 g/mol. The van der Waals surface area contributed by atoms with Gasteiger partial charge in [0.25, 0.3) is 11.8 Å². The molecule has 0 fully saturated rings. The SMILES string of the molecule is CNc1ccc(C(=O)NN=Cc2cccc(C=NNC(=O)c3ccc(NC)cc3)c2)cc1. The molecule has 8 heteroatoms. The molecular weight excluding hydrogens is 404 g/mol. The highest BCUT2D eigenvalue weighted by Crippen LogP contribution is 2.09. The topological polar surface area (TPSA) is 107 Å². The van der Waals surface area contributed by atoms with Crippen LogP contribution in [0.2, 0.25) is 0 Å². The Balaban J connectivity index is 1.54. The molecule has 0 unspecified atom stereocenters. The van der Waals surface area contributed by atoms with Crippen LogP contribution in [0.4, 0.5) is 11.4 Å². The van der Waals surface area contributed by atoms with E-state index in [1.807, 2.05) is 62.6 Å². The predicted octanol–water partition coefficient (Wildman–Crippen LogP) is 3.30. The second kappa shape index (κ2) is 11.1. The van der Waals surface area contributed by atoms with E-state index >= 15 is 0 Å². The third-order valence-electron chi connectivity index (χ3n) is 4.54. The van der Waals surface area contributed by atoms with E-state index in [0.717, 1.165) is 22.5 Å². The molecule has 0 aromatic heterocycles. The molecule has 0 aliphatic rings. The molecule has 32 heavy (non-hydrogen) atoms. The van der Waals surface area contributed by atoms with E-state index in [0.29, 0.717) is 11.1 Å². The lowest BCUT2D eigenvalue weighted by Crippen LogP contribution is -2.17. The van der Waals surface area contributed by atoms with Gasteiger partial charge in [-0.25, -0.2) is 10.9 Å². The summed E-state index contributed by atoms with van der Waals surface area (Å²) < 4.78 is 0. The number of hydrogen-bond acceptors (Lipinski definition) is 6. The molecule has 0 bridgehead atoms. The number of carbonyl (C=O) groups is 2. The summed E-state index contributed by atoms with van der Waals surface area (Å²) in [5.41, 5.74) is 9.42. The van der Waals surface area contributed by atoms with Crippen LogP contribution in [0.1, 0.15) is 31.8 Å². The molecule has 0 spiro atoms. The van der Waals surface area contributed by atoms with Crippen LogP contribution in [0.25, 0.3) is 0 Å². The van der Waals surface area contributed by atoms with Crippen molar-refractivity contribution >= 4 is 35.6 Å². The lowest BCUT2D eigenvalue weighted by atomic mass is 10.1. The highest BCUT2D eigenvalue weighted by molar-refractivity contribution is 5.96. The lowest BCUT2D eigenvalue weighted by molar-refractivity contribution is 0.0947. The van der Waals surface area contributed by atoms with Crippen molar-refractivity contribution in [1.29, 1.82) is 0 Å². The van der Waals surface area contributed by atoms with E-state index in [1.54, 1.807) is 36.7 Å². The first kappa shape index (κ1) is 22.2. The molecule has 0 aliphatic carbocycles. The molecule has 2 amide bonds. The van der Waals surface area contributed by atoms with Crippen molar-refractivity contribution in [3.63, 3.8) is 0 Å². The molecule has 162 valence electrons. The first-order valence-electron chi connectivity index (χ1n) is 9.91. The molecule has 4 N–H and O–H groups in total. The van der Waals surface area contributed by atoms with Crippen LogP contribution >= 0.6 is 0 Å². The summed E-state index contributed by atoms with van der Waals surface area (Å²) in [6, 6.07) is 21.5. The molecule has 0 heterocycles. The summed E-state index contributed by atoms with van der Waals surface area (Å²) in [5.74, 6) is -0.598. The Bertz CT molecular complexity index is 1040. The maximum atomic E-state index is 12.1. The zero-order valence-corrected chi connectivity index (χ0v) is 17.8. The van der Waals surface area contributed by atoms with Crippen molar-refractivity contribution in [2.75, 3.05) is 24.7 Å². The minimum Gasteiger partial charge on any atom is -0.388 e. The van der Waals surface area contributed by atoms with E-state index in [-0.39, 0.29) is 11.8 Å². The van der Waals surface area contributed by atoms with Gasteiger partial charge in [-0.05, 0) is 65.7 Å². The Hall–Kier alpha value is -4.46. The number of hydrazone groups is 2. The first-order chi connectivity index (χ1) is 15.6. The number of benzene rings is 3. The summed E-state index contributed by atoms with van der Waals surface area (Å²) in [4.78, 5) is 24.3. The van der Waals surface area contributed by atoms with Gasteiger partial charge < -0.3 is 10.6 Å². The van der Waals surface area contributed by atoms with Crippen LogP contribution in [-0.2, 0) is 0 Å². The van der Waals surface area contributed by atoms with Gasteiger partial charge in [-0.2, -0.15) is 10.2 Å². The van der Waals surface area contributed by atoms with Crippen molar-refractivity contribution in [1.82, 2.24) is 10.9 Å². The molecular formula is C24H24N6O2. The average molecular weight is 428 g/mol. The lowest BCUT2D eigenvalue weighted by Gasteiger charge is -2.03. The van der Waals surface area contributed by atoms with Crippen LogP contribution < -0.4 is 21.5 Å². The second-order valence-corrected chi connectivity index (χ2v) is 6.72. The largest absolute Gasteiger partial charge is 0.388 e. The van der Waals surface area contributed by atoms with Crippen LogP contribution in [0.3, 0.4) is 0 Å². The van der Waals surface area contributed by atoms with E-state index in [9.17, 15) is 9.59 Å². The van der Waals surface area contributed by atoms with Gasteiger partial charge in [0, 0.05) is 36.6 Å². The summed E-state index contributed by atoms with van der Waals surface area (Å²) in [6.07, 6.45) is 3.08. The molecule has 0 atom stereocenters. The van der Waals surface area contributed by atoms with Gasteiger partial charge in [0.2, 0.25) is 0 Å². The fourth-order valence-electron chi connectivity index (χ4n) is 2.76. The Morgan fingerprint density at radius 1 is 0.656 bits per heavy atom. The smallest absolute Gasteiger partial charge is 0.271 e. The molecule has 8 nitrogen and oxygen atoms in total. The second-order valence-electron chi connectivity index (χ2n) is 6.72. The molecule has 3 rings (SSSR count). The number of carbonyl (C=O) groups excluding carboxylic acids is 2. The number of rotatable bonds is 8. The zero-order chi connectivity index (χ0) is 22.8. The van der Waals surface area contributed by atoms with E-state index in [4.69, 9.17) is 0 Å². The molecule has 0 aliphatic heterocycles. The van der Waals surface area contributed by atoms with Crippen LogP contribution in [0.5, 0.6) is 0 Å². The molecule has 3 aromatic carbocycles. The molecule has 0 saturated heterocycles. The van der Waals surface area contributed by atoms with Gasteiger partial charge in [-0.3, -0.25) is 9.59 Å². The van der Waals surface area contributed by atoms with Gasteiger partial charge in [0.1, 0.15) is 0 Å². The number of nitrogens with one attached hydrogen (secondary N) is 4. The van der Waals surface area contributed by atoms with Crippen LogP contribution in [0.15, 0.2) is 83.0 Å². The number of anilines is 2. The fourth-order valence-corrected chi connectivity index (χ4v) is 2.76. The standard InChI is InChI=1S/C24H24N6O2/c1-25-21-10-6-19(7-11-21)23(31)29-27-15-17-4-3-5-18(14-17)16-28-30-24(32)20-8-12-22(26-2)13-9-20/h3-16,25-26H,1-2H3,(H,29,31)(H,30,32). The molecule has 0 saturated carbocycles. The minimum atomic E-state index is -0.299. The van der Waals surface area contributed by atoms with Crippen LogP contribution in [0, 0.1) is 0 Å². The van der Waals surface area contributed by atoms with Crippen LogP contribution in [-0.4, -0.2) is 38.3 Å². The summed E-state index contributed by atoms with van der Waals surface area (Å²) >= 11 is 0. The average Bonchev–Trinajstić information content (AvgIpc) is 2.84. The number of hydrogen-bond donors (Lipinski definition) is 4. The fraction of sp³-hybridized carbons (Fsp3) is 0.0833. The van der Waals surface area contributed by atoms with E-state index < -0.39 is 0 Å². The summed E-state index contributed by atoms with van der Waals surface area (Å²) in [6.45, 7) is 0. The maximum Gasteiger partial charge on any atom is 0.271 e. The third-order valence-corrected chi connectivity index (χ3v) is 4.54. The summed E-state index contributed by atoms with van der Waals surface area (Å²) in [7, 11) is 3.63. The Kier molecular flexibility index (Phi) is 7.69. The van der Waals surface area contributed by atoms with Crippen molar-refractivity contribution < 1.29 is 9.59 Å². The van der Waals surface area contributed by atoms with Gasteiger partial charge in [0.15, 0.2) is 0 Å². The van der Waals surface area contributed by atoms with Gasteiger partial charge >= 0.3 is 0 Å². The van der Waals surface area contributed by atoms with Crippen molar-refractivity contribution in [2.24, 2.45) is 10.2 Å².